The Labute approximate surface area is 107 Å². The van der Waals surface area contributed by atoms with Crippen molar-refractivity contribution in [3.05, 3.63) is 0 Å². The molecule has 0 aromatic rings. The zero-order valence-corrected chi connectivity index (χ0v) is 11.3. The highest BCUT2D eigenvalue weighted by Crippen LogP contribution is 2.22. The number of ether oxygens (including phenoxy) is 1. The maximum Gasteiger partial charge on any atom is 0.324 e. The van der Waals surface area contributed by atoms with Crippen LogP contribution in [0.25, 0.3) is 0 Å². The lowest BCUT2D eigenvalue weighted by molar-refractivity contribution is -0.151. The van der Waals surface area contributed by atoms with Crippen LogP contribution >= 0.6 is 0 Å². The van der Waals surface area contributed by atoms with Crippen molar-refractivity contribution < 1.29 is 19.1 Å². The summed E-state index contributed by atoms with van der Waals surface area (Å²) in [6.07, 6.45) is 1.42. The van der Waals surface area contributed by atoms with Crippen LogP contribution in [0.5, 0.6) is 0 Å². The average Bonchev–Trinajstić information content (AvgIpc) is 2.56. The molecule has 1 fully saturated rings. The molecule has 0 spiro atoms. The van der Waals surface area contributed by atoms with Gasteiger partial charge in [0.2, 0.25) is 0 Å². The molecular weight excluding hydrogens is 236 g/mol. The van der Waals surface area contributed by atoms with E-state index in [1.165, 1.54) is 7.11 Å². The van der Waals surface area contributed by atoms with Gasteiger partial charge in [-0.3, -0.25) is 14.5 Å². The third-order valence-corrected chi connectivity index (χ3v) is 2.98. The second-order valence-corrected chi connectivity index (χ2v) is 5.09. The van der Waals surface area contributed by atoms with Crippen LogP contribution in [-0.4, -0.2) is 42.5 Å². The summed E-state index contributed by atoms with van der Waals surface area (Å²) in [5, 5.41) is 2.62. The lowest BCUT2D eigenvalue weighted by atomic mass is 9.93. The van der Waals surface area contributed by atoms with E-state index in [0.717, 1.165) is 11.3 Å². The van der Waals surface area contributed by atoms with Crippen LogP contribution < -0.4 is 5.32 Å². The molecule has 102 valence electrons. The molecule has 18 heavy (non-hydrogen) atoms. The van der Waals surface area contributed by atoms with E-state index < -0.39 is 23.5 Å². The van der Waals surface area contributed by atoms with Gasteiger partial charge < -0.3 is 10.1 Å². The van der Waals surface area contributed by atoms with Crippen LogP contribution in [0.2, 0.25) is 0 Å². The molecule has 1 rings (SSSR count). The molecule has 0 saturated carbocycles. The van der Waals surface area contributed by atoms with Crippen LogP contribution in [0.4, 0.5) is 4.79 Å². The third-order valence-electron chi connectivity index (χ3n) is 2.98. The number of rotatable bonds is 5. The molecule has 1 N–H and O–H groups in total. The molecule has 1 aliphatic rings. The molecule has 0 aliphatic carbocycles. The molecule has 1 heterocycles. The molecule has 3 amide bonds. The monoisotopic (exact) mass is 256 g/mol. The number of nitrogens with one attached hydrogen (secondary N) is 1. The van der Waals surface area contributed by atoms with Crippen LogP contribution in [0.15, 0.2) is 0 Å². The first kappa shape index (κ1) is 14.5. The minimum Gasteiger partial charge on any atom is -0.469 e. The van der Waals surface area contributed by atoms with Gasteiger partial charge in [-0.2, -0.15) is 0 Å². The number of imide groups is 1. The van der Waals surface area contributed by atoms with Crippen molar-refractivity contribution in [3.63, 3.8) is 0 Å². The summed E-state index contributed by atoms with van der Waals surface area (Å²) in [6, 6.07) is -0.897. The Morgan fingerprint density at radius 3 is 2.56 bits per heavy atom. The first-order valence-electron chi connectivity index (χ1n) is 6.03. The van der Waals surface area contributed by atoms with Crippen molar-refractivity contribution in [2.75, 3.05) is 13.7 Å². The molecule has 0 aromatic carbocycles. The quantitative estimate of drug-likeness (QED) is 0.586. The highest BCUT2D eigenvalue weighted by molar-refractivity contribution is 6.04. The van der Waals surface area contributed by atoms with Gasteiger partial charge in [-0.25, -0.2) is 4.79 Å². The van der Waals surface area contributed by atoms with Crippen LogP contribution in [0, 0.1) is 5.41 Å². The van der Waals surface area contributed by atoms with Gasteiger partial charge in [0.15, 0.2) is 0 Å². The molecule has 0 bridgehead atoms. The maximum atomic E-state index is 12.0. The van der Waals surface area contributed by atoms with E-state index in [9.17, 15) is 14.4 Å². The number of hydrogen-bond acceptors (Lipinski definition) is 4. The summed E-state index contributed by atoms with van der Waals surface area (Å²) in [6.45, 7) is 5.27. The van der Waals surface area contributed by atoms with Gasteiger partial charge in [-0.1, -0.05) is 13.3 Å². The maximum absolute atomic E-state index is 12.0. The lowest BCUT2D eigenvalue weighted by Gasteiger charge is -2.25. The molecular formula is C12H20N2O4. The van der Waals surface area contributed by atoms with Crippen molar-refractivity contribution in [1.29, 1.82) is 0 Å². The number of carbonyl (C=O) groups excluding carboxylic acids is 3. The van der Waals surface area contributed by atoms with E-state index in [2.05, 4.69) is 10.1 Å². The molecule has 1 saturated heterocycles. The SMILES string of the molecule is CCCC1NC(=O)N(CC(C)(C)C(=O)OC)C1=O. The van der Waals surface area contributed by atoms with E-state index in [-0.39, 0.29) is 12.5 Å². The second kappa shape index (κ2) is 5.37. The highest BCUT2D eigenvalue weighted by Gasteiger charge is 2.42. The van der Waals surface area contributed by atoms with Crippen molar-refractivity contribution in [3.8, 4) is 0 Å². The Morgan fingerprint density at radius 1 is 1.44 bits per heavy atom. The van der Waals surface area contributed by atoms with Crippen molar-refractivity contribution >= 4 is 17.9 Å². The number of methoxy groups -OCH3 is 1. The molecule has 1 aliphatic heterocycles. The molecule has 0 aromatic heterocycles. The van der Waals surface area contributed by atoms with E-state index in [1.54, 1.807) is 13.8 Å². The number of amides is 3. The molecule has 6 nitrogen and oxygen atoms in total. The Bertz CT molecular complexity index is 365. The summed E-state index contributed by atoms with van der Waals surface area (Å²) in [5.41, 5.74) is -0.900. The summed E-state index contributed by atoms with van der Waals surface area (Å²) < 4.78 is 4.66. The summed E-state index contributed by atoms with van der Waals surface area (Å²) in [5.74, 6) is -0.708. The van der Waals surface area contributed by atoms with Crippen LogP contribution in [0.1, 0.15) is 33.6 Å². The minimum absolute atomic E-state index is 0.0323. The van der Waals surface area contributed by atoms with Gasteiger partial charge >= 0.3 is 12.0 Å². The first-order valence-corrected chi connectivity index (χ1v) is 6.03. The van der Waals surface area contributed by atoms with E-state index in [4.69, 9.17) is 0 Å². The van der Waals surface area contributed by atoms with E-state index in [1.807, 2.05) is 6.92 Å². The van der Waals surface area contributed by atoms with Gasteiger partial charge in [0.25, 0.3) is 5.91 Å². The molecule has 6 heteroatoms. The normalized spacial score (nSPS) is 20.0. The van der Waals surface area contributed by atoms with Crippen molar-refractivity contribution in [2.45, 2.75) is 39.7 Å². The molecule has 0 radical (unpaired) electrons. The first-order chi connectivity index (χ1) is 8.33. The predicted octanol–water partition coefficient (Wildman–Crippen LogP) is 0.906. The number of urea groups is 1. The molecule has 1 unspecified atom stereocenters. The van der Waals surface area contributed by atoms with E-state index >= 15 is 0 Å². The van der Waals surface area contributed by atoms with Crippen LogP contribution in [-0.2, 0) is 14.3 Å². The van der Waals surface area contributed by atoms with Gasteiger partial charge in [0, 0.05) is 6.54 Å². The predicted molar refractivity (Wildman–Crippen MR) is 64.7 cm³/mol. The Kier molecular flexibility index (Phi) is 4.32. The number of nitrogens with zero attached hydrogens (tertiary/aromatic N) is 1. The lowest BCUT2D eigenvalue weighted by Crippen LogP contribution is -2.43. The average molecular weight is 256 g/mol. The number of hydrogen-bond donors (Lipinski definition) is 1. The van der Waals surface area contributed by atoms with E-state index in [0.29, 0.717) is 6.42 Å². The zero-order valence-electron chi connectivity index (χ0n) is 11.3. The summed E-state index contributed by atoms with van der Waals surface area (Å²) >= 11 is 0. The van der Waals surface area contributed by atoms with Crippen molar-refractivity contribution in [2.24, 2.45) is 5.41 Å². The van der Waals surface area contributed by atoms with Gasteiger partial charge in [0.05, 0.1) is 12.5 Å². The Hall–Kier alpha value is -1.59. The largest absolute Gasteiger partial charge is 0.469 e. The minimum atomic E-state index is -0.900. The smallest absolute Gasteiger partial charge is 0.324 e. The Balaban J connectivity index is 2.76. The fraction of sp³-hybridized carbons (Fsp3) is 0.750. The topological polar surface area (TPSA) is 75.7 Å². The van der Waals surface area contributed by atoms with Crippen molar-refractivity contribution in [1.82, 2.24) is 10.2 Å². The van der Waals surface area contributed by atoms with Gasteiger partial charge in [-0.15, -0.1) is 0 Å². The fourth-order valence-electron chi connectivity index (χ4n) is 1.95. The Morgan fingerprint density at radius 2 is 2.06 bits per heavy atom. The van der Waals surface area contributed by atoms with Gasteiger partial charge in [0.1, 0.15) is 6.04 Å². The standard InChI is InChI=1S/C12H20N2O4/c1-5-6-8-9(15)14(11(17)13-8)7-12(2,3)10(16)18-4/h8H,5-7H2,1-4H3,(H,13,17). The highest BCUT2D eigenvalue weighted by atomic mass is 16.5. The summed E-state index contributed by atoms with van der Waals surface area (Å²) in [4.78, 5) is 36.3. The number of esters is 1. The molecule has 1 atom stereocenters. The summed E-state index contributed by atoms with van der Waals surface area (Å²) in [7, 11) is 1.29. The third kappa shape index (κ3) is 2.80. The van der Waals surface area contributed by atoms with Gasteiger partial charge in [-0.05, 0) is 20.3 Å². The second-order valence-electron chi connectivity index (χ2n) is 5.09. The fourth-order valence-corrected chi connectivity index (χ4v) is 1.95. The zero-order chi connectivity index (χ0) is 13.9. The van der Waals surface area contributed by atoms with Crippen LogP contribution in [0.3, 0.4) is 0 Å². The number of carbonyl (C=O) groups is 3.